The fraction of sp³-hybridized carbons (Fsp3) is 0.857. The van der Waals surface area contributed by atoms with Crippen molar-refractivity contribution in [3.63, 3.8) is 0 Å². The second kappa shape index (κ2) is 5.24. The first kappa shape index (κ1) is 12.5. The molecule has 0 heterocycles. The zero-order chi connectivity index (χ0) is 10.5. The standard InChI is InChI=1S/C7H14N.BF4/c1-8(2)7-5-3-4-6-7;2-1(3,4)5/h3-6H2,1-2H3;/q+1;-1. The van der Waals surface area contributed by atoms with Crippen LogP contribution < -0.4 is 0 Å². The van der Waals surface area contributed by atoms with Crippen LogP contribution in [0, 0.1) is 0 Å². The van der Waals surface area contributed by atoms with E-state index in [9.17, 15) is 17.3 Å². The Labute approximate surface area is 75.6 Å². The average molecular weight is 199 g/mol. The van der Waals surface area contributed by atoms with Crippen molar-refractivity contribution in [3.8, 4) is 0 Å². The van der Waals surface area contributed by atoms with Crippen molar-refractivity contribution < 1.29 is 21.8 Å². The molecule has 78 valence electrons. The van der Waals surface area contributed by atoms with Gasteiger partial charge in [-0.15, -0.1) is 0 Å². The van der Waals surface area contributed by atoms with Gasteiger partial charge in [0.25, 0.3) is 0 Å². The third-order valence-electron chi connectivity index (χ3n) is 1.81. The van der Waals surface area contributed by atoms with Gasteiger partial charge in [-0.1, -0.05) is 0 Å². The molecule has 0 saturated heterocycles. The molecule has 0 aromatic carbocycles. The molecule has 0 bridgehead atoms. The molecule has 1 aliphatic rings. The number of hydrogen-bond donors (Lipinski definition) is 0. The zero-order valence-corrected chi connectivity index (χ0v) is 7.86. The molecule has 0 unspecified atom stereocenters. The summed E-state index contributed by atoms with van der Waals surface area (Å²) < 4.78 is 41.3. The molecule has 1 aliphatic carbocycles. The van der Waals surface area contributed by atoms with E-state index in [1.165, 1.54) is 25.7 Å². The van der Waals surface area contributed by atoms with Crippen LogP contribution in [-0.2, 0) is 0 Å². The lowest BCUT2D eigenvalue weighted by atomic mass is 10.3. The van der Waals surface area contributed by atoms with Crippen LogP contribution in [-0.4, -0.2) is 31.6 Å². The first-order chi connectivity index (χ1) is 5.80. The Bertz CT molecular complexity index is 169. The van der Waals surface area contributed by atoms with Crippen LogP contribution in [0.2, 0.25) is 0 Å². The summed E-state index contributed by atoms with van der Waals surface area (Å²) in [4.78, 5) is 0. The summed E-state index contributed by atoms with van der Waals surface area (Å²) in [5.41, 5.74) is 1.63. The van der Waals surface area contributed by atoms with Crippen LogP contribution in [0.25, 0.3) is 0 Å². The molecule has 6 heteroatoms. The molecule has 1 saturated carbocycles. The van der Waals surface area contributed by atoms with E-state index in [4.69, 9.17) is 0 Å². The second-order valence-electron chi connectivity index (χ2n) is 3.16. The van der Waals surface area contributed by atoms with E-state index in [0.717, 1.165) is 0 Å². The summed E-state index contributed by atoms with van der Waals surface area (Å²) in [5, 5.41) is 0. The quantitative estimate of drug-likeness (QED) is 0.320. The van der Waals surface area contributed by atoms with Crippen molar-refractivity contribution in [2.45, 2.75) is 25.7 Å². The Kier molecular flexibility index (Phi) is 5.02. The average Bonchev–Trinajstić information content (AvgIpc) is 2.31. The summed E-state index contributed by atoms with van der Waals surface area (Å²) in [6.07, 6.45) is 5.50. The normalized spacial score (nSPS) is 16.6. The number of hydrogen-bond acceptors (Lipinski definition) is 0. The maximum atomic E-state index is 9.75. The van der Waals surface area contributed by atoms with Gasteiger partial charge in [0.1, 0.15) is 14.1 Å². The van der Waals surface area contributed by atoms with E-state index in [1.54, 1.807) is 5.71 Å². The third-order valence-corrected chi connectivity index (χ3v) is 1.81. The number of nitrogens with zero attached hydrogens (tertiary/aromatic N) is 1. The van der Waals surface area contributed by atoms with Crippen LogP contribution in [0.4, 0.5) is 17.3 Å². The molecular formula is C7H14BF4N. The van der Waals surface area contributed by atoms with Crippen molar-refractivity contribution in [2.75, 3.05) is 14.1 Å². The lowest BCUT2D eigenvalue weighted by Crippen LogP contribution is -2.07. The minimum absolute atomic E-state index is 1.34. The Morgan fingerprint density at radius 3 is 1.46 bits per heavy atom. The van der Waals surface area contributed by atoms with Crippen molar-refractivity contribution in [1.82, 2.24) is 0 Å². The summed E-state index contributed by atoms with van der Waals surface area (Å²) >= 11 is 0. The fourth-order valence-electron chi connectivity index (χ4n) is 1.23. The highest BCUT2D eigenvalue weighted by molar-refractivity contribution is 6.50. The van der Waals surface area contributed by atoms with Gasteiger partial charge in [0.2, 0.25) is 0 Å². The molecule has 0 aromatic heterocycles. The molecule has 0 spiro atoms. The van der Waals surface area contributed by atoms with Gasteiger partial charge in [-0.2, -0.15) is 0 Å². The highest BCUT2D eigenvalue weighted by Crippen LogP contribution is 2.13. The Balaban J connectivity index is 0.000000252. The molecule has 0 aromatic rings. The largest absolute Gasteiger partial charge is 0.673 e. The SMILES string of the molecule is C[N+](C)=C1CCCC1.F[B-](F)(F)F. The van der Waals surface area contributed by atoms with E-state index < -0.39 is 7.25 Å². The lowest BCUT2D eigenvalue weighted by molar-refractivity contribution is -0.466. The topological polar surface area (TPSA) is 3.01 Å². The maximum absolute atomic E-state index is 9.75. The molecule has 0 amide bonds. The van der Waals surface area contributed by atoms with Gasteiger partial charge in [-0.3, -0.25) is 0 Å². The Morgan fingerprint density at radius 1 is 1.00 bits per heavy atom. The van der Waals surface area contributed by atoms with Gasteiger partial charge < -0.3 is 17.3 Å². The van der Waals surface area contributed by atoms with Crippen LogP contribution in [0.1, 0.15) is 25.7 Å². The number of rotatable bonds is 0. The van der Waals surface area contributed by atoms with Crippen LogP contribution in [0.5, 0.6) is 0 Å². The lowest BCUT2D eigenvalue weighted by Gasteiger charge is -1.94. The van der Waals surface area contributed by atoms with Crippen LogP contribution >= 0.6 is 0 Å². The molecule has 1 nitrogen and oxygen atoms in total. The van der Waals surface area contributed by atoms with E-state index in [2.05, 4.69) is 18.7 Å². The zero-order valence-electron chi connectivity index (χ0n) is 7.86. The first-order valence-electron chi connectivity index (χ1n) is 4.20. The van der Waals surface area contributed by atoms with Crippen molar-refractivity contribution in [1.29, 1.82) is 0 Å². The molecular weight excluding hydrogens is 185 g/mol. The van der Waals surface area contributed by atoms with Gasteiger partial charge in [-0.25, -0.2) is 4.58 Å². The van der Waals surface area contributed by atoms with E-state index >= 15 is 0 Å². The predicted octanol–water partition coefficient (Wildman–Crippen LogP) is 2.57. The Hall–Kier alpha value is -0.545. The van der Waals surface area contributed by atoms with Gasteiger partial charge >= 0.3 is 7.25 Å². The van der Waals surface area contributed by atoms with Gasteiger partial charge in [0.15, 0.2) is 5.71 Å². The molecule has 1 rings (SSSR count). The second-order valence-corrected chi connectivity index (χ2v) is 3.16. The molecule has 0 atom stereocenters. The van der Waals surface area contributed by atoms with Crippen molar-refractivity contribution >= 4 is 13.0 Å². The van der Waals surface area contributed by atoms with Gasteiger partial charge in [0, 0.05) is 12.8 Å². The summed E-state index contributed by atoms with van der Waals surface area (Å²) in [5.74, 6) is 0. The van der Waals surface area contributed by atoms with Gasteiger partial charge in [-0.05, 0) is 12.8 Å². The van der Waals surface area contributed by atoms with Crippen molar-refractivity contribution in [3.05, 3.63) is 0 Å². The predicted molar refractivity (Wildman–Crippen MR) is 45.8 cm³/mol. The van der Waals surface area contributed by atoms with E-state index in [1.807, 2.05) is 0 Å². The van der Waals surface area contributed by atoms with E-state index in [-0.39, 0.29) is 0 Å². The smallest absolute Gasteiger partial charge is 0.418 e. The van der Waals surface area contributed by atoms with Crippen molar-refractivity contribution in [2.24, 2.45) is 0 Å². The summed E-state index contributed by atoms with van der Waals surface area (Å²) in [6, 6.07) is 0. The van der Waals surface area contributed by atoms with Gasteiger partial charge in [0.05, 0.1) is 0 Å². The first-order valence-corrected chi connectivity index (χ1v) is 4.20. The summed E-state index contributed by atoms with van der Waals surface area (Å²) in [6.45, 7) is 0. The minimum Gasteiger partial charge on any atom is -0.418 e. The molecule has 0 radical (unpaired) electrons. The fourth-order valence-corrected chi connectivity index (χ4v) is 1.23. The Morgan fingerprint density at radius 2 is 1.31 bits per heavy atom. The molecule has 0 N–H and O–H groups in total. The third kappa shape index (κ3) is 9.37. The summed E-state index contributed by atoms with van der Waals surface area (Å²) in [7, 11) is -1.72. The monoisotopic (exact) mass is 199 g/mol. The minimum atomic E-state index is -6.00. The molecule has 13 heavy (non-hydrogen) atoms. The number of halogens is 4. The van der Waals surface area contributed by atoms with Crippen LogP contribution in [0.3, 0.4) is 0 Å². The molecule has 0 aliphatic heterocycles. The molecule has 1 fully saturated rings. The van der Waals surface area contributed by atoms with Crippen LogP contribution in [0.15, 0.2) is 0 Å². The highest BCUT2D eigenvalue weighted by atomic mass is 19.5. The maximum Gasteiger partial charge on any atom is 0.673 e. The van der Waals surface area contributed by atoms with E-state index in [0.29, 0.717) is 0 Å². The highest BCUT2D eigenvalue weighted by Gasteiger charge is 2.20.